The largest absolute Gasteiger partial charge is 0.497 e. The van der Waals surface area contributed by atoms with Crippen molar-refractivity contribution < 1.29 is 32.2 Å². The van der Waals surface area contributed by atoms with E-state index in [1.165, 1.54) is 36.7 Å². The highest BCUT2D eigenvalue weighted by Gasteiger charge is 2.31. The Hall–Kier alpha value is -3.11. The minimum atomic E-state index is -3.81. The lowest BCUT2D eigenvalue weighted by Gasteiger charge is -2.18. The first-order valence-electron chi connectivity index (χ1n) is 9.64. The molecule has 0 atom stereocenters. The minimum absolute atomic E-state index is 0.00718. The first-order chi connectivity index (χ1) is 14.8. The zero-order chi connectivity index (χ0) is 22.4. The van der Waals surface area contributed by atoms with Gasteiger partial charge < -0.3 is 19.5 Å². The van der Waals surface area contributed by atoms with Crippen molar-refractivity contribution in [3.8, 4) is 11.5 Å². The van der Waals surface area contributed by atoms with Crippen LogP contribution in [0.25, 0.3) is 0 Å². The number of nitrogens with one attached hydrogen (secondary N) is 1. The fourth-order valence-corrected chi connectivity index (χ4v) is 4.88. The molecule has 2 aromatic carbocycles. The molecular formula is C21H24N2O7S. The molecule has 1 heterocycles. The number of methoxy groups -OCH3 is 2. The van der Waals surface area contributed by atoms with E-state index in [0.717, 1.165) is 12.8 Å². The van der Waals surface area contributed by atoms with Crippen LogP contribution in [-0.4, -0.2) is 58.5 Å². The zero-order valence-electron chi connectivity index (χ0n) is 17.3. The van der Waals surface area contributed by atoms with E-state index in [0.29, 0.717) is 24.5 Å². The Balaban J connectivity index is 1.69. The van der Waals surface area contributed by atoms with Gasteiger partial charge in [0.15, 0.2) is 6.61 Å². The third-order valence-electron chi connectivity index (χ3n) is 4.77. The van der Waals surface area contributed by atoms with Crippen molar-refractivity contribution in [3.63, 3.8) is 0 Å². The van der Waals surface area contributed by atoms with Crippen molar-refractivity contribution in [3.05, 3.63) is 48.0 Å². The lowest BCUT2D eigenvalue weighted by Crippen LogP contribution is -2.28. The number of sulfonamides is 1. The summed E-state index contributed by atoms with van der Waals surface area (Å²) in [6, 6.07) is 10.7. The fraction of sp³-hybridized carbons (Fsp3) is 0.333. The lowest BCUT2D eigenvalue weighted by molar-refractivity contribution is -0.119. The average molecular weight is 448 g/mol. The number of carbonyl (C=O) groups is 2. The van der Waals surface area contributed by atoms with Crippen LogP contribution in [0, 0.1) is 0 Å². The summed E-state index contributed by atoms with van der Waals surface area (Å²) in [5.41, 5.74) is 0.497. The first-order valence-corrected chi connectivity index (χ1v) is 11.1. The highest BCUT2D eigenvalue weighted by molar-refractivity contribution is 7.89. The molecule has 31 heavy (non-hydrogen) atoms. The Kier molecular flexibility index (Phi) is 7.13. The molecule has 1 fully saturated rings. The first kappa shape index (κ1) is 22.6. The molecule has 0 saturated carbocycles. The highest BCUT2D eigenvalue weighted by atomic mass is 32.2. The summed E-state index contributed by atoms with van der Waals surface area (Å²) in [4.78, 5) is 24.4. The summed E-state index contributed by atoms with van der Waals surface area (Å²) in [6.45, 7) is 0.311. The quantitative estimate of drug-likeness (QED) is 0.617. The van der Waals surface area contributed by atoms with Crippen molar-refractivity contribution in [1.29, 1.82) is 0 Å². The second-order valence-electron chi connectivity index (χ2n) is 6.83. The van der Waals surface area contributed by atoms with Crippen LogP contribution in [0.15, 0.2) is 47.4 Å². The van der Waals surface area contributed by atoms with Gasteiger partial charge in [-0.1, -0.05) is 6.07 Å². The Bertz CT molecular complexity index is 1060. The number of hydrogen-bond acceptors (Lipinski definition) is 7. The molecular weight excluding hydrogens is 424 g/mol. The summed E-state index contributed by atoms with van der Waals surface area (Å²) >= 11 is 0. The van der Waals surface area contributed by atoms with Gasteiger partial charge in [0, 0.05) is 24.8 Å². The molecule has 10 heteroatoms. The predicted octanol–water partition coefficient (Wildman–Crippen LogP) is 2.28. The van der Waals surface area contributed by atoms with Gasteiger partial charge in [-0.25, -0.2) is 13.2 Å². The van der Waals surface area contributed by atoms with Crippen molar-refractivity contribution in [2.75, 3.05) is 39.2 Å². The van der Waals surface area contributed by atoms with Crippen LogP contribution < -0.4 is 14.8 Å². The third kappa shape index (κ3) is 5.33. The molecule has 3 rings (SSSR count). The molecule has 1 N–H and O–H groups in total. The molecule has 0 unspecified atom stereocenters. The SMILES string of the molecule is COc1cccc(NC(=O)COC(=O)c2ccc(OC)c(S(=O)(=O)N3CCCC3)c2)c1. The lowest BCUT2D eigenvalue weighted by atomic mass is 10.2. The molecule has 0 bridgehead atoms. The summed E-state index contributed by atoms with van der Waals surface area (Å²) < 4.78 is 42.5. The molecule has 1 saturated heterocycles. The van der Waals surface area contributed by atoms with E-state index < -0.39 is 28.5 Å². The molecule has 0 radical (unpaired) electrons. The topological polar surface area (TPSA) is 111 Å². The van der Waals surface area contributed by atoms with Crippen molar-refractivity contribution in [1.82, 2.24) is 4.31 Å². The maximum atomic E-state index is 12.9. The van der Waals surface area contributed by atoms with Crippen LogP contribution in [0.2, 0.25) is 0 Å². The Morgan fingerprint density at radius 2 is 1.77 bits per heavy atom. The van der Waals surface area contributed by atoms with Gasteiger partial charge in [-0.05, 0) is 43.2 Å². The van der Waals surface area contributed by atoms with Gasteiger partial charge >= 0.3 is 5.97 Å². The van der Waals surface area contributed by atoms with E-state index in [1.807, 2.05) is 0 Å². The summed E-state index contributed by atoms with van der Waals surface area (Å²) in [5, 5.41) is 2.60. The van der Waals surface area contributed by atoms with E-state index in [2.05, 4.69) is 5.32 Å². The second kappa shape index (κ2) is 9.80. The molecule has 1 amide bonds. The maximum absolute atomic E-state index is 12.9. The molecule has 166 valence electrons. The van der Waals surface area contributed by atoms with Gasteiger partial charge in [0.05, 0.1) is 19.8 Å². The number of benzene rings is 2. The zero-order valence-corrected chi connectivity index (χ0v) is 18.1. The fourth-order valence-electron chi connectivity index (χ4n) is 3.19. The Morgan fingerprint density at radius 3 is 2.45 bits per heavy atom. The highest BCUT2D eigenvalue weighted by Crippen LogP contribution is 2.30. The van der Waals surface area contributed by atoms with E-state index in [1.54, 1.807) is 24.3 Å². The molecule has 9 nitrogen and oxygen atoms in total. The van der Waals surface area contributed by atoms with Gasteiger partial charge in [0.25, 0.3) is 5.91 Å². The van der Waals surface area contributed by atoms with E-state index in [9.17, 15) is 18.0 Å². The third-order valence-corrected chi connectivity index (χ3v) is 6.69. The number of hydrogen-bond donors (Lipinski definition) is 1. The molecule has 0 aromatic heterocycles. The molecule has 1 aliphatic rings. The number of nitrogens with zero attached hydrogens (tertiary/aromatic N) is 1. The molecule has 1 aliphatic heterocycles. The van der Waals surface area contributed by atoms with Crippen molar-refractivity contribution in [2.24, 2.45) is 0 Å². The molecule has 2 aromatic rings. The summed E-state index contributed by atoms with van der Waals surface area (Å²) in [7, 11) is -0.937. The van der Waals surface area contributed by atoms with Gasteiger partial charge in [-0.3, -0.25) is 4.79 Å². The molecule has 0 aliphatic carbocycles. The normalized spacial score (nSPS) is 14.1. The Morgan fingerprint density at radius 1 is 1.03 bits per heavy atom. The Labute approximate surface area is 181 Å². The smallest absolute Gasteiger partial charge is 0.338 e. The molecule has 0 spiro atoms. The van der Waals surface area contributed by atoms with Gasteiger partial charge in [-0.15, -0.1) is 0 Å². The number of esters is 1. The standard InChI is InChI=1S/C21H24N2O7S/c1-28-17-7-5-6-16(13-17)22-20(24)14-30-21(25)15-8-9-18(29-2)19(12-15)31(26,27)23-10-3-4-11-23/h5-9,12-13H,3-4,10-11,14H2,1-2H3,(H,22,24). The number of anilines is 1. The van der Waals surface area contributed by atoms with Crippen LogP contribution in [0.4, 0.5) is 5.69 Å². The van der Waals surface area contributed by atoms with E-state index in [4.69, 9.17) is 14.2 Å². The number of amides is 1. The number of carbonyl (C=O) groups excluding carboxylic acids is 2. The number of rotatable bonds is 8. The van der Waals surface area contributed by atoms with E-state index >= 15 is 0 Å². The predicted molar refractivity (Wildman–Crippen MR) is 113 cm³/mol. The monoisotopic (exact) mass is 448 g/mol. The number of ether oxygens (including phenoxy) is 3. The average Bonchev–Trinajstić information content (AvgIpc) is 3.33. The maximum Gasteiger partial charge on any atom is 0.338 e. The summed E-state index contributed by atoms with van der Waals surface area (Å²) in [6.07, 6.45) is 1.57. The van der Waals surface area contributed by atoms with Crippen LogP contribution in [0.3, 0.4) is 0 Å². The van der Waals surface area contributed by atoms with Crippen molar-refractivity contribution in [2.45, 2.75) is 17.7 Å². The van der Waals surface area contributed by atoms with Crippen LogP contribution in [0.1, 0.15) is 23.2 Å². The van der Waals surface area contributed by atoms with Gasteiger partial charge in [0.1, 0.15) is 16.4 Å². The van der Waals surface area contributed by atoms with Crippen molar-refractivity contribution >= 4 is 27.6 Å². The van der Waals surface area contributed by atoms with Crippen LogP contribution in [0.5, 0.6) is 11.5 Å². The van der Waals surface area contributed by atoms with E-state index in [-0.39, 0.29) is 16.2 Å². The van der Waals surface area contributed by atoms with Crippen LogP contribution >= 0.6 is 0 Å². The second-order valence-corrected chi connectivity index (χ2v) is 8.74. The summed E-state index contributed by atoms with van der Waals surface area (Å²) in [5.74, 6) is -0.652. The minimum Gasteiger partial charge on any atom is -0.497 e. The van der Waals surface area contributed by atoms with Gasteiger partial charge in [0.2, 0.25) is 10.0 Å². The van der Waals surface area contributed by atoms with Crippen LogP contribution in [-0.2, 0) is 19.6 Å². The van der Waals surface area contributed by atoms with Gasteiger partial charge in [-0.2, -0.15) is 4.31 Å².